The summed E-state index contributed by atoms with van der Waals surface area (Å²) in [6.07, 6.45) is 1.63. The van der Waals surface area contributed by atoms with Crippen LogP contribution in [0.2, 0.25) is 5.02 Å². The van der Waals surface area contributed by atoms with Gasteiger partial charge in [-0.05, 0) is 65.4 Å². The highest BCUT2D eigenvalue weighted by Crippen LogP contribution is 2.33. The molecule has 9 heteroatoms. The first-order valence-corrected chi connectivity index (χ1v) is 13.0. The van der Waals surface area contributed by atoms with E-state index in [9.17, 15) is 18.8 Å². The first-order valence-electron chi connectivity index (χ1n) is 11.8. The third kappa shape index (κ3) is 5.55. The van der Waals surface area contributed by atoms with E-state index >= 15 is 0 Å². The number of anilines is 1. The zero-order valence-corrected chi connectivity index (χ0v) is 21.3. The molecule has 188 valence electrons. The predicted molar refractivity (Wildman–Crippen MR) is 144 cm³/mol. The van der Waals surface area contributed by atoms with E-state index in [1.165, 1.54) is 11.0 Å². The molecule has 0 N–H and O–H groups in total. The highest BCUT2D eigenvalue weighted by molar-refractivity contribution is 8.18. The zero-order valence-electron chi connectivity index (χ0n) is 19.8. The number of thioether (sulfide) groups is 1. The summed E-state index contributed by atoms with van der Waals surface area (Å²) in [5.74, 6) is -0.777. The summed E-state index contributed by atoms with van der Waals surface area (Å²) >= 11 is 6.90. The topological polar surface area (TPSA) is 60.9 Å². The van der Waals surface area contributed by atoms with Crippen molar-refractivity contribution in [1.82, 2.24) is 9.80 Å². The smallest absolute Gasteiger partial charge is 0.293 e. The second kappa shape index (κ2) is 10.8. The van der Waals surface area contributed by atoms with Crippen LogP contribution in [-0.2, 0) is 11.3 Å². The molecule has 2 aliphatic heterocycles. The normalized spacial score (nSPS) is 17.1. The van der Waals surface area contributed by atoms with Crippen molar-refractivity contribution in [3.63, 3.8) is 0 Å². The lowest BCUT2D eigenvalue weighted by Crippen LogP contribution is -2.49. The lowest BCUT2D eigenvalue weighted by Gasteiger charge is -2.36. The minimum Gasteiger partial charge on any atom is -0.366 e. The molecule has 3 aromatic carbocycles. The molecule has 2 saturated heterocycles. The van der Waals surface area contributed by atoms with Gasteiger partial charge >= 0.3 is 0 Å². The van der Waals surface area contributed by atoms with Crippen molar-refractivity contribution in [3.8, 4) is 0 Å². The molecule has 6 nitrogen and oxygen atoms in total. The van der Waals surface area contributed by atoms with Crippen molar-refractivity contribution in [3.05, 3.63) is 105 Å². The van der Waals surface area contributed by atoms with E-state index < -0.39 is 0 Å². The molecule has 0 atom stereocenters. The van der Waals surface area contributed by atoms with Gasteiger partial charge in [0, 0.05) is 36.8 Å². The monoisotopic (exact) mass is 535 g/mol. The molecule has 0 radical (unpaired) electrons. The maximum atomic E-state index is 14.1. The summed E-state index contributed by atoms with van der Waals surface area (Å²) in [6, 6.07) is 20.7. The van der Waals surface area contributed by atoms with Gasteiger partial charge in [-0.3, -0.25) is 19.3 Å². The Balaban J connectivity index is 1.26. The van der Waals surface area contributed by atoms with Crippen molar-refractivity contribution >= 4 is 52.2 Å². The number of carbonyl (C=O) groups is 3. The van der Waals surface area contributed by atoms with Crippen LogP contribution in [0, 0.1) is 5.82 Å². The number of hydrogen-bond donors (Lipinski definition) is 0. The zero-order chi connectivity index (χ0) is 25.9. The van der Waals surface area contributed by atoms with E-state index in [1.54, 1.807) is 71.6 Å². The molecule has 0 aliphatic carbocycles. The van der Waals surface area contributed by atoms with Crippen molar-refractivity contribution < 1.29 is 18.8 Å². The SMILES string of the molecule is O=C(c1cccc(C=C2SC(=O)N(Cc3cccc(Cl)c3)C2=O)c1)N1CCN(c2ccccc2F)CC1. The van der Waals surface area contributed by atoms with Crippen LogP contribution in [0.1, 0.15) is 21.5 Å². The van der Waals surface area contributed by atoms with Gasteiger partial charge in [0.25, 0.3) is 17.1 Å². The van der Waals surface area contributed by atoms with Gasteiger partial charge in [0.2, 0.25) is 0 Å². The standard InChI is InChI=1S/C28H23ClFN3O3S/c29-22-8-4-6-20(16-22)18-33-27(35)25(37-28(33)36)17-19-5-3-7-21(15-19)26(34)32-13-11-31(12-14-32)24-10-2-1-9-23(24)30/h1-10,15-17H,11-14,18H2. The van der Waals surface area contributed by atoms with Gasteiger partial charge in [-0.1, -0.05) is 48.0 Å². The maximum Gasteiger partial charge on any atom is 0.293 e. The lowest BCUT2D eigenvalue weighted by atomic mass is 10.1. The molecule has 0 unspecified atom stereocenters. The summed E-state index contributed by atoms with van der Waals surface area (Å²) in [5.41, 5.74) is 2.45. The van der Waals surface area contributed by atoms with Crippen LogP contribution in [-0.4, -0.2) is 53.0 Å². The molecular formula is C28H23ClFN3O3S. The summed E-state index contributed by atoms with van der Waals surface area (Å²) in [6.45, 7) is 2.15. The average molecular weight is 536 g/mol. The van der Waals surface area contributed by atoms with Crippen LogP contribution in [0.4, 0.5) is 14.9 Å². The second-order valence-corrected chi connectivity index (χ2v) is 10.2. The number of nitrogens with zero attached hydrogens (tertiary/aromatic N) is 3. The lowest BCUT2D eigenvalue weighted by molar-refractivity contribution is -0.123. The Morgan fingerprint density at radius 2 is 1.70 bits per heavy atom. The molecule has 2 heterocycles. The quantitative estimate of drug-likeness (QED) is 0.393. The first-order chi connectivity index (χ1) is 17.9. The molecule has 3 aromatic rings. The number of hydrogen-bond acceptors (Lipinski definition) is 5. The molecule has 0 spiro atoms. The van der Waals surface area contributed by atoms with E-state index in [1.807, 2.05) is 11.0 Å². The summed E-state index contributed by atoms with van der Waals surface area (Å²) in [4.78, 5) is 43.8. The van der Waals surface area contributed by atoms with Crippen LogP contribution in [0.25, 0.3) is 6.08 Å². The number of imide groups is 1. The van der Waals surface area contributed by atoms with Crippen LogP contribution in [0.3, 0.4) is 0 Å². The molecule has 0 aromatic heterocycles. The Labute approximate surface area is 223 Å². The molecule has 3 amide bonds. The molecule has 37 heavy (non-hydrogen) atoms. The summed E-state index contributed by atoms with van der Waals surface area (Å²) < 4.78 is 14.1. The van der Waals surface area contributed by atoms with Crippen LogP contribution in [0.15, 0.2) is 77.7 Å². The van der Waals surface area contributed by atoms with Crippen molar-refractivity contribution in [2.45, 2.75) is 6.54 Å². The number of benzene rings is 3. The van der Waals surface area contributed by atoms with Gasteiger partial charge in [-0.25, -0.2) is 4.39 Å². The first kappa shape index (κ1) is 25.0. The fourth-order valence-corrected chi connectivity index (χ4v) is 5.46. The Morgan fingerprint density at radius 3 is 2.46 bits per heavy atom. The molecule has 5 rings (SSSR count). The van der Waals surface area contributed by atoms with Crippen molar-refractivity contribution in [2.24, 2.45) is 0 Å². The van der Waals surface area contributed by atoms with Crippen molar-refractivity contribution in [1.29, 1.82) is 0 Å². The van der Waals surface area contributed by atoms with Crippen LogP contribution in [0.5, 0.6) is 0 Å². The fourth-order valence-electron chi connectivity index (χ4n) is 4.41. The third-order valence-corrected chi connectivity index (χ3v) is 7.44. The van der Waals surface area contributed by atoms with Gasteiger partial charge in [0.15, 0.2) is 0 Å². The fraction of sp³-hybridized carbons (Fsp3) is 0.179. The molecule has 0 bridgehead atoms. The van der Waals surface area contributed by atoms with E-state index in [0.717, 1.165) is 17.3 Å². The minimum atomic E-state index is -0.379. The molecular weight excluding hydrogens is 513 g/mol. The maximum absolute atomic E-state index is 14.1. The average Bonchev–Trinajstić information content (AvgIpc) is 3.16. The van der Waals surface area contributed by atoms with Gasteiger partial charge in [-0.2, -0.15) is 0 Å². The number of halogens is 2. The van der Waals surface area contributed by atoms with Gasteiger partial charge in [-0.15, -0.1) is 0 Å². The largest absolute Gasteiger partial charge is 0.366 e. The summed E-state index contributed by atoms with van der Waals surface area (Å²) in [7, 11) is 0. The minimum absolute atomic E-state index is 0.127. The Hall–Kier alpha value is -3.62. The van der Waals surface area contributed by atoms with E-state index in [0.29, 0.717) is 52.9 Å². The van der Waals surface area contributed by atoms with Crippen LogP contribution >= 0.6 is 23.4 Å². The number of rotatable bonds is 5. The van der Waals surface area contributed by atoms with E-state index in [2.05, 4.69) is 0 Å². The molecule has 2 fully saturated rings. The van der Waals surface area contributed by atoms with Gasteiger partial charge < -0.3 is 9.80 Å². The predicted octanol–water partition coefficient (Wildman–Crippen LogP) is 5.68. The van der Waals surface area contributed by atoms with Gasteiger partial charge in [0.1, 0.15) is 5.82 Å². The second-order valence-electron chi connectivity index (χ2n) is 8.75. The highest BCUT2D eigenvalue weighted by atomic mass is 35.5. The van der Waals surface area contributed by atoms with Gasteiger partial charge in [0.05, 0.1) is 17.1 Å². The Kier molecular flexibility index (Phi) is 7.30. The number of carbonyl (C=O) groups excluding carboxylic acids is 3. The summed E-state index contributed by atoms with van der Waals surface area (Å²) in [5, 5.41) is 0.186. The molecule has 0 saturated carbocycles. The Bertz CT molecular complexity index is 1400. The molecule has 2 aliphatic rings. The highest BCUT2D eigenvalue weighted by Gasteiger charge is 2.35. The van der Waals surface area contributed by atoms with Crippen molar-refractivity contribution in [2.75, 3.05) is 31.1 Å². The third-order valence-electron chi connectivity index (χ3n) is 6.29. The van der Waals surface area contributed by atoms with E-state index in [-0.39, 0.29) is 29.4 Å². The number of para-hydroxylation sites is 1. The number of amides is 3. The van der Waals surface area contributed by atoms with E-state index in [4.69, 9.17) is 11.6 Å². The number of piperazine rings is 1. The van der Waals surface area contributed by atoms with Crippen LogP contribution < -0.4 is 4.90 Å². The Morgan fingerprint density at radius 1 is 0.946 bits per heavy atom.